The lowest BCUT2D eigenvalue weighted by Gasteiger charge is -2.33. The Morgan fingerprint density at radius 2 is 2.12 bits per heavy atom. The van der Waals surface area contributed by atoms with Gasteiger partial charge in [0.25, 0.3) is 6.01 Å². The van der Waals surface area contributed by atoms with Crippen LogP contribution in [0.4, 0.5) is 6.01 Å². The van der Waals surface area contributed by atoms with Crippen LogP contribution in [0, 0.1) is 5.92 Å². The van der Waals surface area contributed by atoms with E-state index in [1.54, 1.807) is 12.1 Å². The number of carbonyl (C=O) groups excluding carboxylic acids is 1. The number of benzene rings is 1. The Labute approximate surface area is 147 Å². The van der Waals surface area contributed by atoms with Crippen molar-refractivity contribution >= 4 is 45.8 Å². The zero-order chi connectivity index (χ0) is 16.7. The van der Waals surface area contributed by atoms with Crippen molar-refractivity contribution in [3.05, 3.63) is 23.2 Å². The lowest BCUT2D eigenvalue weighted by Crippen LogP contribution is -2.52. The lowest BCUT2D eigenvalue weighted by molar-refractivity contribution is -0.125. The second kappa shape index (κ2) is 6.46. The van der Waals surface area contributed by atoms with Gasteiger partial charge in [0.1, 0.15) is 22.9 Å². The Bertz CT molecular complexity index is 754. The van der Waals surface area contributed by atoms with Gasteiger partial charge in [0.2, 0.25) is 5.91 Å². The second-order valence-electron chi connectivity index (χ2n) is 6.35. The van der Waals surface area contributed by atoms with Crippen molar-refractivity contribution in [2.45, 2.75) is 18.9 Å². The van der Waals surface area contributed by atoms with Gasteiger partial charge in [-0.05, 0) is 31.0 Å². The number of rotatable bonds is 3. The first kappa shape index (κ1) is 16.1. The van der Waals surface area contributed by atoms with Crippen molar-refractivity contribution < 1.29 is 13.8 Å². The van der Waals surface area contributed by atoms with Crippen LogP contribution < -0.4 is 10.2 Å². The molecule has 6 nitrogen and oxygen atoms in total. The zero-order valence-electron chi connectivity index (χ0n) is 13.0. The molecule has 0 aliphatic carbocycles. The molecule has 128 valence electrons. The molecule has 0 bridgehead atoms. The molecule has 1 amide bonds. The highest BCUT2D eigenvalue weighted by Gasteiger charge is 2.38. The zero-order valence-corrected chi connectivity index (χ0v) is 14.6. The molecule has 2 aliphatic rings. The molecule has 0 radical (unpaired) electrons. The number of aromatic nitrogens is 1. The molecular formula is C16H18ClN3O3S. The van der Waals surface area contributed by atoms with Crippen LogP contribution in [0.2, 0.25) is 5.02 Å². The first-order valence-corrected chi connectivity index (χ1v) is 9.91. The molecule has 1 N–H and O–H groups in total. The number of nitrogens with zero attached hydrogens (tertiary/aromatic N) is 2. The average Bonchev–Trinajstić information content (AvgIpc) is 2.95. The average molecular weight is 368 g/mol. The van der Waals surface area contributed by atoms with Gasteiger partial charge in [0, 0.05) is 24.2 Å². The summed E-state index contributed by atoms with van der Waals surface area (Å²) < 4.78 is 16.9. The Morgan fingerprint density at radius 1 is 1.38 bits per heavy atom. The number of oxazole rings is 1. The van der Waals surface area contributed by atoms with Crippen molar-refractivity contribution in [1.82, 2.24) is 10.3 Å². The summed E-state index contributed by atoms with van der Waals surface area (Å²) in [4.78, 5) is 18.6. The summed E-state index contributed by atoms with van der Waals surface area (Å²) >= 11 is 5.19. The number of hydrogen-bond donors (Lipinski definition) is 1. The molecule has 8 heteroatoms. The maximum atomic E-state index is 12.0. The Balaban J connectivity index is 1.34. The number of piperidine rings is 1. The highest BCUT2D eigenvalue weighted by molar-refractivity contribution is 7.92. The molecule has 3 heterocycles. The van der Waals surface area contributed by atoms with Gasteiger partial charge in [0.15, 0.2) is 5.58 Å². The smallest absolute Gasteiger partial charge is 0.298 e. The van der Waals surface area contributed by atoms with Crippen LogP contribution in [0.5, 0.6) is 0 Å². The first-order chi connectivity index (χ1) is 11.6. The molecule has 2 fully saturated rings. The Hall–Kier alpha value is -1.44. The summed E-state index contributed by atoms with van der Waals surface area (Å²) in [6.07, 6.45) is 1.70. The summed E-state index contributed by atoms with van der Waals surface area (Å²) in [5.41, 5.74) is 1.48. The Kier molecular flexibility index (Phi) is 4.32. The third-order valence-electron chi connectivity index (χ3n) is 4.60. The molecule has 2 aliphatic heterocycles. The summed E-state index contributed by atoms with van der Waals surface area (Å²) in [7, 11) is 0. The third kappa shape index (κ3) is 3.20. The maximum Gasteiger partial charge on any atom is 0.298 e. The van der Waals surface area contributed by atoms with Crippen molar-refractivity contribution in [1.29, 1.82) is 0 Å². The normalized spacial score (nSPS) is 24.8. The lowest BCUT2D eigenvalue weighted by atomic mass is 10.0. The molecule has 24 heavy (non-hydrogen) atoms. The van der Waals surface area contributed by atoms with Crippen LogP contribution in [-0.4, -0.2) is 46.1 Å². The van der Waals surface area contributed by atoms with Gasteiger partial charge in [-0.15, -0.1) is 0 Å². The van der Waals surface area contributed by atoms with Gasteiger partial charge in [-0.25, -0.2) is 0 Å². The van der Waals surface area contributed by atoms with Crippen LogP contribution >= 0.6 is 11.6 Å². The van der Waals surface area contributed by atoms with E-state index in [1.807, 2.05) is 6.07 Å². The molecule has 2 aromatic rings. The number of anilines is 1. The van der Waals surface area contributed by atoms with E-state index in [-0.39, 0.29) is 17.9 Å². The van der Waals surface area contributed by atoms with E-state index in [4.69, 9.17) is 16.0 Å². The van der Waals surface area contributed by atoms with E-state index >= 15 is 0 Å². The van der Waals surface area contributed by atoms with Crippen molar-refractivity contribution in [3.8, 4) is 0 Å². The van der Waals surface area contributed by atoms with Crippen LogP contribution in [0.25, 0.3) is 11.1 Å². The molecule has 2 saturated heterocycles. The standard InChI is InChI=1S/C16H18ClN3O3S/c17-11-1-2-14-13(7-11)19-16(23-14)20-5-3-12(4-6-20)18-15(21)10-8-24(22)9-10/h1-2,7,10,12H,3-6,8-9H2,(H,18,21). The SMILES string of the molecule is O=C(NC1CCN(c2nc3cc(Cl)ccc3o2)CC1)C1C[S+]([O-])C1. The van der Waals surface area contributed by atoms with Crippen LogP contribution in [0.3, 0.4) is 0 Å². The third-order valence-corrected chi connectivity index (χ3v) is 6.38. The van der Waals surface area contributed by atoms with Gasteiger partial charge in [-0.1, -0.05) is 22.8 Å². The number of halogens is 1. The molecule has 1 aromatic heterocycles. The van der Waals surface area contributed by atoms with Crippen molar-refractivity contribution in [2.75, 3.05) is 29.5 Å². The number of nitrogens with one attached hydrogen (secondary N) is 1. The predicted octanol–water partition coefficient (Wildman–Crippen LogP) is 1.94. The van der Waals surface area contributed by atoms with Gasteiger partial charge in [0.05, 0.1) is 0 Å². The highest BCUT2D eigenvalue weighted by Crippen LogP contribution is 2.27. The summed E-state index contributed by atoms with van der Waals surface area (Å²) in [5.74, 6) is 1.00. The van der Waals surface area contributed by atoms with Gasteiger partial charge in [-0.3, -0.25) is 4.79 Å². The number of amides is 1. The maximum absolute atomic E-state index is 12.0. The summed E-state index contributed by atoms with van der Waals surface area (Å²) in [6.45, 7) is 1.56. The van der Waals surface area contributed by atoms with Crippen molar-refractivity contribution in [2.24, 2.45) is 5.92 Å². The predicted molar refractivity (Wildman–Crippen MR) is 93.8 cm³/mol. The van der Waals surface area contributed by atoms with E-state index in [2.05, 4.69) is 15.2 Å². The fraction of sp³-hybridized carbons (Fsp3) is 0.500. The molecule has 0 atom stereocenters. The fourth-order valence-electron chi connectivity index (χ4n) is 3.11. The monoisotopic (exact) mass is 367 g/mol. The minimum atomic E-state index is -0.789. The summed E-state index contributed by atoms with van der Waals surface area (Å²) in [5, 5.41) is 3.72. The minimum absolute atomic E-state index is 0.0459. The number of hydrogen-bond acceptors (Lipinski definition) is 5. The molecule has 0 spiro atoms. The van der Waals surface area contributed by atoms with Crippen LogP contribution in [-0.2, 0) is 16.0 Å². The first-order valence-electron chi connectivity index (χ1n) is 8.05. The largest absolute Gasteiger partial charge is 0.616 e. The topological polar surface area (TPSA) is 81.4 Å². The fourth-order valence-corrected chi connectivity index (χ4v) is 4.38. The number of carbonyl (C=O) groups is 1. The minimum Gasteiger partial charge on any atom is -0.616 e. The van der Waals surface area contributed by atoms with E-state index < -0.39 is 11.2 Å². The number of fused-ring (bicyclic) bond motifs is 1. The molecule has 0 unspecified atom stereocenters. The van der Waals surface area contributed by atoms with E-state index in [1.165, 1.54) is 0 Å². The van der Waals surface area contributed by atoms with E-state index in [0.29, 0.717) is 22.5 Å². The second-order valence-corrected chi connectivity index (χ2v) is 8.33. The van der Waals surface area contributed by atoms with Crippen LogP contribution in [0.1, 0.15) is 12.8 Å². The van der Waals surface area contributed by atoms with Gasteiger partial charge in [-0.2, -0.15) is 4.98 Å². The van der Waals surface area contributed by atoms with Crippen LogP contribution in [0.15, 0.2) is 22.6 Å². The Morgan fingerprint density at radius 3 is 2.83 bits per heavy atom. The molecule has 1 aromatic carbocycles. The van der Waals surface area contributed by atoms with Crippen molar-refractivity contribution in [3.63, 3.8) is 0 Å². The molecular weight excluding hydrogens is 350 g/mol. The quantitative estimate of drug-likeness (QED) is 0.838. The van der Waals surface area contributed by atoms with Gasteiger partial charge < -0.3 is 19.2 Å². The highest BCUT2D eigenvalue weighted by atomic mass is 35.5. The summed E-state index contributed by atoms with van der Waals surface area (Å²) in [6, 6.07) is 6.17. The molecule has 0 saturated carbocycles. The van der Waals surface area contributed by atoms with E-state index in [0.717, 1.165) is 37.0 Å². The molecule has 4 rings (SSSR count). The van der Waals surface area contributed by atoms with Gasteiger partial charge >= 0.3 is 0 Å². The van der Waals surface area contributed by atoms with E-state index in [9.17, 15) is 9.35 Å².